The van der Waals surface area contributed by atoms with Gasteiger partial charge in [0.25, 0.3) is 10.2 Å². The average molecular weight is 289 g/mol. The van der Waals surface area contributed by atoms with E-state index >= 15 is 0 Å². The summed E-state index contributed by atoms with van der Waals surface area (Å²) in [4.78, 5) is 0. The molecule has 0 aliphatic carbocycles. The first kappa shape index (κ1) is 15.2. The van der Waals surface area contributed by atoms with E-state index in [4.69, 9.17) is 5.73 Å². The van der Waals surface area contributed by atoms with Gasteiger partial charge >= 0.3 is 0 Å². The van der Waals surface area contributed by atoms with Crippen LogP contribution in [0.25, 0.3) is 0 Å². The fraction of sp³-hybridized carbons (Fsp3) is 1.00. The monoisotopic (exact) mass is 289 g/mol. The molecule has 0 spiro atoms. The zero-order valence-electron chi connectivity index (χ0n) is 12.1. The molecule has 0 aromatic carbocycles. The lowest BCUT2D eigenvalue weighted by Crippen LogP contribution is -2.54. The topological polar surface area (TPSA) is 66.6 Å². The number of hydrogen-bond acceptors (Lipinski definition) is 3. The van der Waals surface area contributed by atoms with E-state index < -0.39 is 10.2 Å². The highest BCUT2D eigenvalue weighted by molar-refractivity contribution is 7.86. The van der Waals surface area contributed by atoms with Crippen LogP contribution in [0.3, 0.4) is 0 Å². The Bertz CT molecular complexity index is 391. The van der Waals surface area contributed by atoms with E-state index in [1.165, 1.54) is 0 Å². The van der Waals surface area contributed by atoms with Gasteiger partial charge in [-0.05, 0) is 51.0 Å². The van der Waals surface area contributed by atoms with Crippen molar-refractivity contribution >= 4 is 10.2 Å². The Labute approximate surface area is 117 Å². The summed E-state index contributed by atoms with van der Waals surface area (Å²) in [5, 5.41) is 0. The maximum absolute atomic E-state index is 12.7. The first-order valence-electron chi connectivity index (χ1n) is 7.42. The lowest BCUT2D eigenvalue weighted by molar-refractivity contribution is 0.187. The van der Waals surface area contributed by atoms with Crippen molar-refractivity contribution < 1.29 is 8.42 Å². The highest BCUT2D eigenvalue weighted by Crippen LogP contribution is 2.28. The van der Waals surface area contributed by atoms with E-state index in [0.29, 0.717) is 38.0 Å². The van der Waals surface area contributed by atoms with Gasteiger partial charge in [-0.25, -0.2) is 0 Å². The Morgan fingerprint density at radius 3 is 2.32 bits per heavy atom. The molecule has 0 bridgehead atoms. The van der Waals surface area contributed by atoms with Crippen molar-refractivity contribution in [3.8, 4) is 0 Å². The first-order valence-corrected chi connectivity index (χ1v) is 8.81. The SMILES string of the molecule is CC1CCN(S(=O)(=O)N2CC(CN)CCC2C)CC1. The van der Waals surface area contributed by atoms with Gasteiger partial charge in [0.2, 0.25) is 0 Å². The second kappa shape index (κ2) is 6.08. The number of nitrogens with zero attached hydrogens (tertiary/aromatic N) is 2. The minimum absolute atomic E-state index is 0.104. The lowest BCUT2D eigenvalue weighted by atomic mass is 9.96. The van der Waals surface area contributed by atoms with Crippen LogP contribution in [-0.4, -0.2) is 49.2 Å². The molecule has 2 N–H and O–H groups in total. The molecule has 0 amide bonds. The largest absolute Gasteiger partial charge is 0.330 e. The van der Waals surface area contributed by atoms with Crippen LogP contribution in [0.4, 0.5) is 0 Å². The highest BCUT2D eigenvalue weighted by Gasteiger charge is 2.38. The van der Waals surface area contributed by atoms with Crippen molar-refractivity contribution in [1.82, 2.24) is 8.61 Å². The molecule has 5 nitrogen and oxygen atoms in total. The fourth-order valence-corrected chi connectivity index (χ4v) is 4.95. The summed E-state index contributed by atoms with van der Waals surface area (Å²) in [6.07, 6.45) is 3.91. The maximum atomic E-state index is 12.7. The summed E-state index contributed by atoms with van der Waals surface area (Å²) in [6, 6.07) is 0.104. The lowest BCUT2D eigenvalue weighted by Gasteiger charge is -2.40. The molecule has 0 aromatic rings. The van der Waals surface area contributed by atoms with Gasteiger partial charge in [-0.1, -0.05) is 6.92 Å². The van der Waals surface area contributed by atoms with Crippen LogP contribution >= 0.6 is 0 Å². The summed E-state index contributed by atoms with van der Waals surface area (Å²) in [6.45, 7) is 6.71. The molecule has 6 heteroatoms. The van der Waals surface area contributed by atoms with Crippen molar-refractivity contribution in [3.63, 3.8) is 0 Å². The van der Waals surface area contributed by atoms with E-state index in [2.05, 4.69) is 6.92 Å². The van der Waals surface area contributed by atoms with Crippen molar-refractivity contribution in [2.75, 3.05) is 26.2 Å². The van der Waals surface area contributed by atoms with Crippen LogP contribution in [0.1, 0.15) is 39.5 Å². The molecule has 2 atom stereocenters. The van der Waals surface area contributed by atoms with Crippen molar-refractivity contribution in [2.24, 2.45) is 17.6 Å². The summed E-state index contributed by atoms with van der Waals surface area (Å²) >= 11 is 0. The van der Waals surface area contributed by atoms with E-state index in [1.807, 2.05) is 6.92 Å². The van der Waals surface area contributed by atoms with Crippen LogP contribution < -0.4 is 5.73 Å². The van der Waals surface area contributed by atoms with Crippen LogP contribution in [-0.2, 0) is 10.2 Å². The molecule has 19 heavy (non-hydrogen) atoms. The molecule has 0 aromatic heterocycles. The molecule has 2 saturated heterocycles. The van der Waals surface area contributed by atoms with Crippen LogP contribution in [0, 0.1) is 11.8 Å². The maximum Gasteiger partial charge on any atom is 0.282 e. The van der Waals surface area contributed by atoms with Gasteiger partial charge in [-0.15, -0.1) is 0 Å². The number of hydrogen-bond donors (Lipinski definition) is 1. The molecule has 2 heterocycles. The van der Waals surface area contributed by atoms with Gasteiger partial charge in [-0.3, -0.25) is 0 Å². The third kappa shape index (κ3) is 3.29. The zero-order chi connectivity index (χ0) is 14.0. The van der Waals surface area contributed by atoms with E-state index in [0.717, 1.165) is 25.7 Å². The first-order chi connectivity index (χ1) is 8.95. The number of nitrogens with two attached hydrogens (primary N) is 1. The molecule has 2 unspecified atom stereocenters. The number of piperidine rings is 2. The minimum Gasteiger partial charge on any atom is -0.330 e. The Kier molecular flexibility index (Phi) is 4.87. The smallest absolute Gasteiger partial charge is 0.282 e. The molecule has 2 fully saturated rings. The summed E-state index contributed by atoms with van der Waals surface area (Å²) in [5.74, 6) is 0.955. The standard InChI is InChI=1S/C13H27N3O2S/c1-11-5-7-15(8-6-11)19(17,18)16-10-13(9-14)4-3-12(16)2/h11-13H,3-10,14H2,1-2H3. The quantitative estimate of drug-likeness (QED) is 0.843. The highest BCUT2D eigenvalue weighted by atomic mass is 32.2. The van der Waals surface area contributed by atoms with Crippen LogP contribution in [0.15, 0.2) is 0 Å². The van der Waals surface area contributed by atoms with Gasteiger partial charge in [0.05, 0.1) is 0 Å². The van der Waals surface area contributed by atoms with Gasteiger partial charge in [-0.2, -0.15) is 17.0 Å². The molecule has 2 aliphatic heterocycles. The van der Waals surface area contributed by atoms with Gasteiger partial charge in [0.15, 0.2) is 0 Å². The predicted octanol–water partition coefficient (Wildman–Crippen LogP) is 1.02. The Morgan fingerprint density at radius 1 is 1.11 bits per heavy atom. The third-order valence-electron chi connectivity index (χ3n) is 4.62. The molecule has 0 saturated carbocycles. The Balaban J connectivity index is 2.09. The van der Waals surface area contributed by atoms with Gasteiger partial charge in [0.1, 0.15) is 0 Å². The normalized spacial score (nSPS) is 32.6. The Morgan fingerprint density at radius 2 is 1.74 bits per heavy atom. The molecule has 0 radical (unpaired) electrons. The number of rotatable bonds is 3. The van der Waals surface area contributed by atoms with Gasteiger partial charge < -0.3 is 5.73 Å². The van der Waals surface area contributed by atoms with E-state index in [-0.39, 0.29) is 6.04 Å². The second-order valence-corrected chi connectivity index (χ2v) is 8.07. The average Bonchev–Trinajstić information content (AvgIpc) is 2.39. The molecule has 2 aliphatic rings. The van der Waals surface area contributed by atoms with E-state index in [9.17, 15) is 8.42 Å². The summed E-state index contributed by atoms with van der Waals surface area (Å²) in [5.41, 5.74) is 5.72. The molecule has 2 rings (SSSR count). The second-order valence-electron chi connectivity index (χ2n) is 6.19. The summed E-state index contributed by atoms with van der Waals surface area (Å²) in [7, 11) is -3.29. The van der Waals surface area contributed by atoms with Gasteiger partial charge in [0, 0.05) is 25.7 Å². The Hall–Kier alpha value is -0.170. The molecular weight excluding hydrogens is 262 g/mol. The van der Waals surface area contributed by atoms with Crippen molar-refractivity contribution in [2.45, 2.75) is 45.6 Å². The third-order valence-corrected chi connectivity index (χ3v) is 6.74. The van der Waals surface area contributed by atoms with E-state index in [1.54, 1.807) is 8.61 Å². The summed E-state index contributed by atoms with van der Waals surface area (Å²) < 4.78 is 28.8. The van der Waals surface area contributed by atoms with Crippen molar-refractivity contribution in [3.05, 3.63) is 0 Å². The minimum atomic E-state index is -3.29. The molecule has 112 valence electrons. The van der Waals surface area contributed by atoms with Crippen LogP contribution in [0.2, 0.25) is 0 Å². The predicted molar refractivity (Wildman–Crippen MR) is 76.8 cm³/mol. The van der Waals surface area contributed by atoms with Crippen LogP contribution in [0.5, 0.6) is 0 Å². The van der Waals surface area contributed by atoms with Crippen molar-refractivity contribution in [1.29, 1.82) is 0 Å². The fourth-order valence-electron chi connectivity index (χ4n) is 3.02. The zero-order valence-corrected chi connectivity index (χ0v) is 12.9. The molecular formula is C13H27N3O2S.